The number of hydrogen-bond donors (Lipinski definition) is 1. The van der Waals surface area contributed by atoms with E-state index in [1.54, 1.807) is 0 Å². The van der Waals surface area contributed by atoms with E-state index in [1.807, 2.05) is 4.90 Å². The normalized spacial score (nSPS) is 21.7. The summed E-state index contributed by atoms with van der Waals surface area (Å²) in [6.07, 6.45) is 3.06. The third-order valence-corrected chi connectivity index (χ3v) is 3.08. The van der Waals surface area contributed by atoms with Gasteiger partial charge in [-0.1, -0.05) is 19.9 Å². The molecule has 0 N–H and O–H groups in total. The van der Waals surface area contributed by atoms with Gasteiger partial charge >= 0.3 is 0 Å². The fourth-order valence-corrected chi connectivity index (χ4v) is 2.03. The van der Waals surface area contributed by atoms with Crippen LogP contribution in [0, 0.1) is 5.92 Å². The van der Waals surface area contributed by atoms with Crippen molar-refractivity contribution >= 4 is 18.5 Å². The largest absolute Gasteiger partial charge is 0.338 e. The Morgan fingerprint density at radius 1 is 1.71 bits per heavy atom. The lowest BCUT2D eigenvalue weighted by Gasteiger charge is -2.17. The topological polar surface area (TPSA) is 20.3 Å². The molecule has 2 nitrogen and oxygen atoms in total. The number of likely N-dealkylation sites (tertiary alicyclic amines) is 1. The van der Waals surface area contributed by atoms with Crippen molar-refractivity contribution in [3.63, 3.8) is 0 Å². The highest BCUT2D eigenvalue weighted by atomic mass is 32.1. The highest BCUT2D eigenvalue weighted by molar-refractivity contribution is 7.80. The molecule has 0 aromatic carbocycles. The molecule has 0 spiro atoms. The van der Waals surface area contributed by atoms with Crippen molar-refractivity contribution in [3.8, 4) is 0 Å². The molecular formula is C11H19NOS. The Bertz CT molecular complexity index is 227. The Labute approximate surface area is 91.8 Å². The SMILES string of the molecule is C=C(CS)CN1CC(CCC)CC1=O. The first-order valence-electron chi connectivity index (χ1n) is 5.22. The van der Waals surface area contributed by atoms with E-state index in [2.05, 4.69) is 26.1 Å². The molecule has 1 rings (SSSR count). The first kappa shape index (κ1) is 11.6. The number of rotatable bonds is 5. The Hall–Kier alpha value is -0.440. The van der Waals surface area contributed by atoms with E-state index < -0.39 is 0 Å². The summed E-state index contributed by atoms with van der Waals surface area (Å²) in [6.45, 7) is 7.65. The van der Waals surface area contributed by atoms with Crippen molar-refractivity contribution in [3.05, 3.63) is 12.2 Å². The summed E-state index contributed by atoms with van der Waals surface area (Å²) in [5.74, 6) is 1.52. The molecule has 1 aliphatic rings. The maximum atomic E-state index is 11.6. The molecule has 1 heterocycles. The molecule has 0 bridgehead atoms. The van der Waals surface area contributed by atoms with E-state index in [0.29, 0.717) is 18.2 Å². The maximum absolute atomic E-state index is 11.6. The number of hydrogen-bond acceptors (Lipinski definition) is 2. The van der Waals surface area contributed by atoms with Gasteiger partial charge in [-0.15, -0.1) is 0 Å². The van der Waals surface area contributed by atoms with Crippen LogP contribution in [0.25, 0.3) is 0 Å². The Balaban J connectivity index is 2.40. The molecule has 14 heavy (non-hydrogen) atoms. The highest BCUT2D eigenvalue weighted by Gasteiger charge is 2.28. The van der Waals surface area contributed by atoms with Gasteiger partial charge in [-0.3, -0.25) is 4.79 Å². The van der Waals surface area contributed by atoms with Gasteiger partial charge in [0, 0.05) is 25.3 Å². The van der Waals surface area contributed by atoms with Crippen LogP contribution in [-0.2, 0) is 4.79 Å². The van der Waals surface area contributed by atoms with Crippen LogP contribution in [0.2, 0.25) is 0 Å². The zero-order valence-corrected chi connectivity index (χ0v) is 9.72. The van der Waals surface area contributed by atoms with E-state index >= 15 is 0 Å². The Morgan fingerprint density at radius 3 is 3.00 bits per heavy atom. The fourth-order valence-electron chi connectivity index (χ4n) is 1.93. The van der Waals surface area contributed by atoms with E-state index in [-0.39, 0.29) is 5.91 Å². The molecule has 0 saturated carbocycles. The fraction of sp³-hybridized carbons (Fsp3) is 0.727. The zero-order chi connectivity index (χ0) is 10.6. The second-order valence-corrected chi connectivity index (χ2v) is 4.36. The second kappa shape index (κ2) is 5.44. The lowest BCUT2D eigenvalue weighted by molar-refractivity contribution is -0.127. The van der Waals surface area contributed by atoms with E-state index in [1.165, 1.54) is 6.42 Å². The van der Waals surface area contributed by atoms with Gasteiger partial charge in [-0.2, -0.15) is 12.6 Å². The summed E-state index contributed by atoms with van der Waals surface area (Å²) < 4.78 is 0. The summed E-state index contributed by atoms with van der Waals surface area (Å²) in [6, 6.07) is 0. The van der Waals surface area contributed by atoms with Crippen molar-refractivity contribution < 1.29 is 4.79 Å². The Kier molecular flexibility index (Phi) is 4.52. The summed E-state index contributed by atoms with van der Waals surface area (Å²) in [5, 5.41) is 0. The predicted octanol–water partition coefficient (Wildman–Crippen LogP) is 2.12. The van der Waals surface area contributed by atoms with E-state index in [0.717, 1.165) is 25.0 Å². The van der Waals surface area contributed by atoms with Crippen LogP contribution in [0.4, 0.5) is 0 Å². The summed E-state index contributed by atoms with van der Waals surface area (Å²) in [5.41, 5.74) is 1.03. The number of carbonyl (C=O) groups is 1. The van der Waals surface area contributed by atoms with Crippen LogP contribution in [0.1, 0.15) is 26.2 Å². The molecule has 1 aliphatic heterocycles. The second-order valence-electron chi connectivity index (χ2n) is 4.04. The number of amides is 1. The zero-order valence-electron chi connectivity index (χ0n) is 8.83. The van der Waals surface area contributed by atoms with Crippen LogP contribution in [0.15, 0.2) is 12.2 Å². The monoisotopic (exact) mass is 213 g/mol. The molecule has 1 unspecified atom stereocenters. The van der Waals surface area contributed by atoms with E-state index in [9.17, 15) is 4.79 Å². The highest BCUT2D eigenvalue weighted by Crippen LogP contribution is 2.22. The average Bonchev–Trinajstić information content (AvgIpc) is 2.47. The molecule has 3 heteroatoms. The van der Waals surface area contributed by atoms with Crippen molar-refractivity contribution in [1.29, 1.82) is 0 Å². The molecule has 1 saturated heterocycles. The van der Waals surface area contributed by atoms with E-state index in [4.69, 9.17) is 0 Å². The molecule has 1 atom stereocenters. The van der Waals surface area contributed by atoms with Gasteiger partial charge in [0.1, 0.15) is 0 Å². The van der Waals surface area contributed by atoms with Gasteiger partial charge in [0.05, 0.1) is 0 Å². The molecule has 0 radical (unpaired) electrons. The van der Waals surface area contributed by atoms with Crippen molar-refractivity contribution in [1.82, 2.24) is 4.90 Å². The van der Waals surface area contributed by atoms with Crippen LogP contribution < -0.4 is 0 Å². The van der Waals surface area contributed by atoms with Gasteiger partial charge in [0.25, 0.3) is 0 Å². The number of carbonyl (C=O) groups excluding carboxylic acids is 1. The standard InChI is InChI=1S/C11H19NOS/c1-3-4-10-5-11(13)12(7-10)6-9(2)8-14/h10,14H,2-8H2,1H3. The summed E-state index contributed by atoms with van der Waals surface area (Å²) >= 11 is 4.14. The van der Waals surface area contributed by atoms with Gasteiger partial charge in [-0.25, -0.2) is 0 Å². The molecule has 1 amide bonds. The van der Waals surface area contributed by atoms with Gasteiger partial charge < -0.3 is 4.90 Å². The molecule has 0 aliphatic carbocycles. The summed E-state index contributed by atoms with van der Waals surface area (Å²) in [4.78, 5) is 13.5. The van der Waals surface area contributed by atoms with Gasteiger partial charge in [0.15, 0.2) is 0 Å². The molecule has 0 aromatic rings. The minimum Gasteiger partial charge on any atom is -0.338 e. The molecule has 0 aromatic heterocycles. The summed E-state index contributed by atoms with van der Waals surface area (Å²) in [7, 11) is 0. The van der Waals surface area contributed by atoms with Crippen molar-refractivity contribution in [2.75, 3.05) is 18.8 Å². The maximum Gasteiger partial charge on any atom is 0.223 e. The lowest BCUT2D eigenvalue weighted by atomic mass is 10.0. The predicted molar refractivity (Wildman–Crippen MR) is 62.6 cm³/mol. The van der Waals surface area contributed by atoms with Gasteiger partial charge in [-0.05, 0) is 17.9 Å². The van der Waals surface area contributed by atoms with Crippen LogP contribution in [0.5, 0.6) is 0 Å². The third-order valence-electron chi connectivity index (χ3n) is 2.63. The minimum atomic E-state index is 0.284. The molecule has 1 fully saturated rings. The molecule has 80 valence electrons. The van der Waals surface area contributed by atoms with Crippen LogP contribution in [-0.4, -0.2) is 29.6 Å². The first-order chi connectivity index (χ1) is 6.67. The first-order valence-corrected chi connectivity index (χ1v) is 5.85. The third kappa shape index (κ3) is 3.05. The number of thiol groups is 1. The quantitative estimate of drug-likeness (QED) is 0.548. The number of nitrogens with zero attached hydrogens (tertiary/aromatic N) is 1. The van der Waals surface area contributed by atoms with Crippen molar-refractivity contribution in [2.45, 2.75) is 26.2 Å². The smallest absolute Gasteiger partial charge is 0.223 e. The lowest BCUT2D eigenvalue weighted by Crippen LogP contribution is -2.27. The van der Waals surface area contributed by atoms with Gasteiger partial charge in [0.2, 0.25) is 5.91 Å². The van der Waals surface area contributed by atoms with Crippen LogP contribution >= 0.6 is 12.6 Å². The van der Waals surface area contributed by atoms with Crippen LogP contribution in [0.3, 0.4) is 0 Å². The average molecular weight is 213 g/mol. The molecular weight excluding hydrogens is 194 g/mol. The minimum absolute atomic E-state index is 0.284. The van der Waals surface area contributed by atoms with Crippen molar-refractivity contribution in [2.24, 2.45) is 5.92 Å². The Morgan fingerprint density at radius 2 is 2.43 bits per heavy atom.